The van der Waals surface area contributed by atoms with Crippen molar-refractivity contribution >= 4 is 0 Å². The van der Waals surface area contributed by atoms with Crippen molar-refractivity contribution in [3.8, 4) is 0 Å². The summed E-state index contributed by atoms with van der Waals surface area (Å²) in [6.45, 7) is 8.98. The summed E-state index contributed by atoms with van der Waals surface area (Å²) in [7, 11) is 0. The molecular formula is C20H26N2. The van der Waals surface area contributed by atoms with E-state index < -0.39 is 0 Å². The Kier molecular flexibility index (Phi) is 4.32. The molecule has 1 fully saturated rings. The lowest BCUT2D eigenvalue weighted by Gasteiger charge is -2.46. The van der Waals surface area contributed by atoms with Crippen LogP contribution in [0.3, 0.4) is 0 Å². The molecule has 1 aliphatic heterocycles. The van der Waals surface area contributed by atoms with E-state index >= 15 is 0 Å². The molecule has 116 valence electrons. The fraction of sp³-hybridized carbons (Fsp3) is 0.400. The predicted molar refractivity (Wildman–Crippen MR) is 93.0 cm³/mol. The molecule has 1 heterocycles. The maximum atomic E-state index is 3.70. The molecule has 3 rings (SSSR count). The Balaban J connectivity index is 1.99. The molecule has 2 aromatic rings. The van der Waals surface area contributed by atoms with E-state index in [1.54, 1.807) is 0 Å². The summed E-state index contributed by atoms with van der Waals surface area (Å²) < 4.78 is 0. The van der Waals surface area contributed by atoms with E-state index in [2.05, 4.69) is 91.7 Å². The molecule has 1 aliphatic rings. The van der Waals surface area contributed by atoms with Crippen LogP contribution in [0.15, 0.2) is 60.7 Å². The molecule has 1 N–H and O–H groups in total. The maximum absolute atomic E-state index is 3.70. The molecule has 0 aliphatic carbocycles. The second-order valence-electron chi connectivity index (χ2n) is 7.08. The monoisotopic (exact) mass is 294 g/mol. The lowest BCUT2D eigenvalue weighted by Crippen LogP contribution is -2.61. The van der Waals surface area contributed by atoms with Gasteiger partial charge in [-0.2, -0.15) is 0 Å². The van der Waals surface area contributed by atoms with Crippen molar-refractivity contribution in [2.45, 2.75) is 38.4 Å². The van der Waals surface area contributed by atoms with Gasteiger partial charge in [0.15, 0.2) is 0 Å². The number of rotatable bonds is 3. The van der Waals surface area contributed by atoms with Crippen LogP contribution in [-0.4, -0.2) is 29.6 Å². The fourth-order valence-corrected chi connectivity index (χ4v) is 3.76. The first-order valence-electron chi connectivity index (χ1n) is 8.17. The Morgan fingerprint density at radius 2 is 1.45 bits per heavy atom. The molecule has 2 heteroatoms. The normalized spacial score (nSPS) is 21.9. The Hall–Kier alpha value is -1.64. The van der Waals surface area contributed by atoms with Crippen molar-refractivity contribution in [1.29, 1.82) is 0 Å². The summed E-state index contributed by atoms with van der Waals surface area (Å²) in [5.74, 6) is 0. The van der Waals surface area contributed by atoms with Gasteiger partial charge in [0.05, 0.1) is 6.04 Å². The van der Waals surface area contributed by atoms with Crippen molar-refractivity contribution in [3.63, 3.8) is 0 Å². The van der Waals surface area contributed by atoms with Crippen molar-refractivity contribution in [1.82, 2.24) is 10.2 Å². The number of benzene rings is 2. The zero-order chi connectivity index (χ0) is 15.6. The smallest absolute Gasteiger partial charge is 0.0602 e. The average molecular weight is 294 g/mol. The zero-order valence-electron chi connectivity index (χ0n) is 13.8. The van der Waals surface area contributed by atoms with Crippen molar-refractivity contribution < 1.29 is 0 Å². The standard InChI is InChI=1S/C20H26N2/c1-16-14-22(15-20(2,3)21-16)19(17-10-6-4-7-11-17)18-12-8-5-9-13-18/h4-13,16,19,21H,14-15H2,1-3H3/t16-/m0/s1. The molecule has 2 aromatic carbocycles. The number of nitrogens with zero attached hydrogens (tertiary/aromatic N) is 1. The zero-order valence-corrected chi connectivity index (χ0v) is 13.8. The van der Waals surface area contributed by atoms with Gasteiger partial charge in [-0.1, -0.05) is 60.7 Å². The highest BCUT2D eigenvalue weighted by Crippen LogP contribution is 2.31. The van der Waals surface area contributed by atoms with Crippen molar-refractivity contribution in [2.75, 3.05) is 13.1 Å². The number of nitrogens with one attached hydrogen (secondary N) is 1. The highest BCUT2D eigenvalue weighted by atomic mass is 15.3. The van der Waals surface area contributed by atoms with Crippen LogP contribution in [0.5, 0.6) is 0 Å². The second-order valence-corrected chi connectivity index (χ2v) is 7.08. The first kappa shape index (κ1) is 15.3. The molecule has 0 spiro atoms. The van der Waals surface area contributed by atoms with Crippen LogP contribution in [0.2, 0.25) is 0 Å². The summed E-state index contributed by atoms with van der Waals surface area (Å²) >= 11 is 0. The molecule has 1 atom stereocenters. The van der Waals surface area contributed by atoms with E-state index in [0.717, 1.165) is 13.1 Å². The molecule has 2 nitrogen and oxygen atoms in total. The Morgan fingerprint density at radius 1 is 0.955 bits per heavy atom. The predicted octanol–water partition coefficient (Wildman–Crippen LogP) is 3.85. The number of hydrogen-bond acceptors (Lipinski definition) is 2. The third-order valence-corrected chi connectivity index (χ3v) is 4.34. The molecule has 0 radical (unpaired) electrons. The second kappa shape index (κ2) is 6.23. The maximum Gasteiger partial charge on any atom is 0.0602 e. The fourth-order valence-electron chi connectivity index (χ4n) is 3.76. The topological polar surface area (TPSA) is 15.3 Å². The summed E-state index contributed by atoms with van der Waals surface area (Å²) in [6.07, 6.45) is 0. The van der Waals surface area contributed by atoms with Gasteiger partial charge in [-0.25, -0.2) is 0 Å². The third kappa shape index (κ3) is 3.40. The Morgan fingerprint density at radius 3 is 1.91 bits per heavy atom. The van der Waals surface area contributed by atoms with Gasteiger partial charge >= 0.3 is 0 Å². The van der Waals surface area contributed by atoms with E-state index in [9.17, 15) is 0 Å². The molecule has 0 aromatic heterocycles. The van der Waals surface area contributed by atoms with E-state index in [1.165, 1.54) is 11.1 Å². The van der Waals surface area contributed by atoms with Gasteiger partial charge in [0, 0.05) is 24.7 Å². The Bertz CT molecular complexity index is 552. The lowest BCUT2D eigenvalue weighted by molar-refractivity contribution is 0.0975. The lowest BCUT2D eigenvalue weighted by atomic mass is 9.92. The molecule has 1 saturated heterocycles. The van der Waals surface area contributed by atoms with Crippen LogP contribution < -0.4 is 5.32 Å². The molecule has 0 bridgehead atoms. The molecule has 0 saturated carbocycles. The molecule has 22 heavy (non-hydrogen) atoms. The van der Waals surface area contributed by atoms with Gasteiger partial charge in [-0.3, -0.25) is 4.90 Å². The third-order valence-electron chi connectivity index (χ3n) is 4.34. The molecule has 0 amide bonds. The first-order valence-corrected chi connectivity index (χ1v) is 8.17. The minimum absolute atomic E-state index is 0.138. The van der Waals surface area contributed by atoms with E-state index in [1.807, 2.05) is 0 Å². The van der Waals surface area contributed by atoms with Crippen LogP contribution >= 0.6 is 0 Å². The minimum atomic E-state index is 0.138. The number of hydrogen-bond donors (Lipinski definition) is 1. The van der Waals surface area contributed by atoms with Gasteiger partial charge in [0.1, 0.15) is 0 Å². The highest BCUT2D eigenvalue weighted by Gasteiger charge is 2.34. The highest BCUT2D eigenvalue weighted by molar-refractivity contribution is 5.32. The summed E-state index contributed by atoms with van der Waals surface area (Å²) in [6, 6.07) is 22.6. The quantitative estimate of drug-likeness (QED) is 0.925. The van der Waals surface area contributed by atoms with Crippen molar-refractivity contribution in [3.05, 3.63) is 71.8 Å². The van der Waals surface area contributed by atoms with Crippen LogP contribution in [0, 0.1) is 0 Å². The van der Waals surface area contributed by atoms with Gasteiger partial charge in [-0.15, -0.1) is 0 Å². The summed E-state index contributed by atoms with van der Waals surface area (Å²) in [5, 5.41) is 3.70. The molecule has 0 unspecified atom stereocenters. The van der Waals surface area contributed by atoms with Gasteiger partial charge in [-0.05, 0) is 31.9 Å². The van der Waals surface area contributed by atoms with Gasteiger partial charge < -0.3 is 5.32 Å². The van der Waals surface area contributed by atoms with Crippen LogP contribution in [0.1, 0.15) is 37.9 Å². The summed E-state index contributed by atoms with van der Waals surface area (Å²) in [4.78, 5) is 2.62. The average Bonchev–Trinajstić information content (AvgIpc) is 2.48. The van der Waals surface area contributed by atoms with Gasteiger partial charge in [0.2, 0.25) is 0 Å². The Labute approximate surface area is 134 Å². The van der Waals surface area contributed by atoms with Crippen LogP contribution in [0.4, 0.5) is 0 Å². The first-order chi connectivity index (χ1) is 10.6. The van der Waals surface area contributed by atoms with E-state index in [4.69, 9.17) is 0 Å². The largest absolute Gasteiger partial charge is 0.307 e. The van der Waals surface area contributed by atoms with Crippen molar-refractivity contribution in [2.24, 2.45) is 0 Å². The summed E-state index contributed by atoms with van der Waals surface area (Å²) in [5.41, 5.74) is 2.89. The minimum Gasteiger partial charge on any atom is -0.307 e. The van der Waals surface area contributed by atoms with Gasteiger partial charge in [0.25, 0.3) is 0 Å². The van der Waals surface area contributed by atoms with E-state index in [0.29, 0.717) is 12.1 Å². The SMILES string of the molecule is C[C@H]1CN(C(c2ccccc2)c2ccccc2)CC(C)(C)N1. The van der Waals surface area contributed by atoms with Crippen LogP contribution in [-0.2, 0) is 0 Å². The molecular weight excluding hydrogens is 268 g/mol. The van der Waals surface area contributed by atoms with Crippen LogP contribution in [0.25, 0.3) is 0 Å². The number of piperazine rings is 1. The van der Waals surface area contributed by atoms with E-state index in [-0.39, 0.29) is 5.54 Å².